The first-order valence-electron chi connectivity index (χ1n) is 9.44. The average molecular weight is 349 g/mol. The molecule has 2 rings (SSSR count). The van der Waals surface area contributed by atoms with Crippen molar-refractivity contribution in [2.24, 2.45) is 4.99 Å². The van der Waals surface area contributed by atoms with Gasteiger partial charge in [0.25, 0.3) is 0 Å². The Labute approximate surface area is 151 Å². The molecule has 0 unspecified atom stereocenters. The Morgan fingerprint density at radius 3 is 2.72 bits per heavy atom. The van der Waals surface area contributed by atoms with Crippen molar-refractivity contribution in [2.75, 3.05) is 39.9 Å². The Morgan fingerprint density at radius 1 is 1.32 bits per heavy atom. The van der Waals surface area contributed by atoms with Crippen LogP contribution >= 0.6 is 0 Å². The van der Waals surface area contributed by atoms with Crippen molar-refractivity contribution in [1.82, 2.24) is 10.2 Å². The molecule has 1 N–H and O–H groups in total. The molecule has 0 saturated carbocycles. The molecule has 0 aromatic heterocycles. The Balaban J connectivity index is 2.22. The molecule has 0 radical (unpaired) electrons. The van der Waals surface area contributed by atoms with Gasteiger partial charge in [0.1, 0.15) is 5.82 Å². The van der Waals surface area contributed by atoms with Crippen molar-refractivity contribution in [1.29, 1.82) is 0 Å². The second kappa shape index (κ2) is 9.76. The minimum Gasteiger partial charge on any atom is -0.381 e. The normalized spacial score (nSPS) is 17.4. The molecular formula is C20H32FN3O. The maximum Gasteiger partial charge on any atom is 0.193 e. The number of guanidine groups is 1. The fraction of sp³-hybridized carbons (Fsp3) is 0.650. The molecule has 1 heterocycles. The van der Waals surface area contributed by atoms with Gasteiger partial charge in [-0.25, -0.2) is 4.39 Å². The molecule has 0 spiro atoms. The molecule has 0 amide bonds. The molecule has 0 atom stereocenters. The zero-order valence-corrected chi connectivity index (χ0v) is 15.9. The molecule has 1 saturated heterocycles. The van der Waals surface area contributed by atoms with Crippen molar-refractivity contribution >= 4 is 5.96 Å². The van der Waals surface area contributed by atoms with Gasteiger partial charge in [-0.3, -0.25) is 4.99 Å². The van der Waals surface area contributed by atoms with Crippen molar-refractivity contribution < 1.29 is 9.13 Å². The quantitative estimate of drug-likeness (QED) is 0.604. The van der Waals surface area contributed by atoms with Crippen LogP contribution in [-0.4, -0.2) is 50.8 Å². The minimum absolute atomic E-state index is 0.146. The summed E-state index contributed by atoms with van der Waals surface area (Å²) < 4.78 is 19.4. The van der Waals surface area contributed by atoms with Crippen molar-refractivity contribution in [3.05, 3.63) is 35.6 Å². The summed E-state index contributed by atoms with van der Waals surface area (Å²) in [6.07, 6.45) is 4.05. The number of aliphatic imine (C=N–C) groups is 1. The van der Waals surface area contributed by atoms with Gasteiger partial charge in [0.15, 0.2) is 5.96 Å². The third-order valence-electron chi connectivity index (χ3n) is 4.96. The van der Waals surface area contributed by atoms with Gasteiger partial charge >= 0.3 is 0 Å². The zero-order chi connectivity index (χ0) is 18.1. The summed E-state index contributed by atoms with van der Waals surface area (Å²) in [7, 11) is 2.08. The Hall–Kier alpha value is -1.62. The van der Waals surface area contributed by atoms with E-state index in [4.69, 9.17) is 9.73 Å². The maximum absolute atomic E-state index is 13.8. The van der Waals surface area contributed by atoms with Gasteiger partial charge in [-0.05, 0) is 43.9 Å². The van der Waals surface area contributed by atoms with E-state index in [0.29, 0.717) is 19.8 Å². The summed E-state index contributed by atoms with van der Waals surface area (Å²) in [5.41, 5.74) is 0.888. The highest BCUT2D eigenvalue weighted by Crippen LogP contribution is 2.35. The fourth-order valence-electron chi connectivity index (χ4n) is 3.32. The van der Waals surface area contributed by atoms with Gasteiger partial charge < -0.3 is 15.0 Å². The average Bonchev–Trinajstić information content (AvgIpc) is 2.64. The first-order chi connectivity index (χ1) is 12.1. The summed E-state index contributed by atoms with van der Waals surface area (Å²) in [4.78, 5) is 7.11. The monoisotopic (exact) mass is 349 g/mol. The molecule has 1 aliphatic rings. The van der Waals surface area contributed by atoms with Crippen LogP contribution < -0.4 is 5.32 Å². The minimum atomic E-state index is -0.181. The van der Waals surface area contributed by atoms with Crippen LogP contribution in [0.2, 0.25) is 0 Å². The first-order valence-corrected chi connectivity index (χ1v) is 9.44. The van der Waals surface area contributed by atoms with E-state index in [1.165, 1.54) is 6.07 Å². The lowest BCUT2D eigenvalue weighted by Crippen LogP contribution is -2.42. The van der Waals surface area contributed by atoms with E-state index in [9.17, 15) is 4.39 Å². The third kappa shape index (κ3) is 5.43. The van der Waals surface area contributed by atoms with Gasteiger partial charge in [-0.1, -0.05) is 25.5 Å². The van der Waals surface area contributed by atoms with Gasteiger partial charge in [0.05, 0.1) is 6.54 Å². The zero-order valence-electron chi connectivity index (χ0n) is 15.9. The number of hydrogen-bond donors (Lipinski definition) is 1. The number of hydrogen-bond acceptors (Lipinski definition) is 2. The maximum atomic E-state index is 13.8. The molecule has 1 fully saturated rings. The first kappa shape index (κ1) is 19.7. The lowest BCUT2D eigenvalue weighted by atomic mass is 9.74. The number of benzene rings is 1. The van der Waals surface area contributed by atoms with Crippen LogP contribution in [0.25, 0.3) is 0 Å². The predicted octanol–water partition coefficient (Wildman–Crippen LogP) is 3.57. The topological polar surface area (TPSA) is 36.9 Å². The van der Waals surface area contributed by atoms with Gasteiger partial charge in [-0.15, -0.1) is 0 Å². The van der Waals surface area contributed by atoms with E-state index in [-0.39, 0.29) is 11.2 Å². The molecular weight excluding hydrogens is 317 g/mol. The highest BCUT2D eigenvalue weighted by Gasteiger charge is 2.34. The number of halogens is 1. The van der Waals surface area contributed by atoms with Gasteiger partial charge in [0.2, 0.25) is 0 Å². The van der Waals surface area contributed by atoms with Crippen LogP contribution in [0, 0.1) is 5.82 Å². The summed E-state index contributed by atoms with van der Waals surface area (Å²) in [6.45, 7) is 8.16. The predicted molar refractivity (Wildman–Crippen MR) is 102 cm³/mol. The van der Waals surface area contributed by atoms with Crippen LogP contribution in [-0.2, 0) is 10.2 Å². The number of nitrogens with one attached hydrogen (secondary N) is 1. The van der Waals surface area contributed by atoms with Crippen LogP contribution in [0.3, 0.4) is 0 Å². The largest absolute Gasteiger partial charge is 0.381 e. The Bertz CT molecular complexity index is 556. The highest BCUT2D eigenvalue weighted by atomic mass is 19.1. The summed E-state index contributed by atoms with van der Waals surface area (Å²) in [5.74, 6) is 0.748. The SMILES string of the molecule is CCCCN(C)C(=NCC1(c2cccc(F)c2)CCOCC1)NCC. The number of ether oxygens (including phenoxy) is 1. The molecule has 4 nitrogen and oxygen atoms in total. The van der Waals surface area contributed by atoms with Crippen LogP contribution in [0.4, 0.5) is 4.39 Å². The second-order valence-corrected chi connectivity index (χ2v) is 6.85. The smallest absolute Gasteiger partial charge is 0.193 e. The lowest BCUT2D eigenvalue weighted by molar-refractivity contribution is 0.0529. The number of unbranched alkanes of at least 4 members (excludes halogenated alkanes) is 1. The van der Waals surface area contributed by atoms with E-state index in [0.717, 1.165) is 50.3 Å². The Morgan fingerprint density at radius 2 is 2.08 bits per heavy atom. The molecule has 0 aliphatic carbocycles. The summed E-state index contributed by atoms with van der Waals surface area (Å²) >= 11 is 0. The van der Waals surface area contributed by atoms with Crippen molar-refractivity contribution in [3.63, 3.8) is 0 Å². The van der Waals surface area contributed by atoms with E-state index in [1.807, 2.05) is 6.07 Å². The van der Waals surface area contributed by atoms with E-state index in [2.05, 4.69) is 31.1 Å². The molecule has 1 aliphatic heterocycles. The number of nitrogens with zero attached hydrogens (tertiary/aromatic N) is 2. The van der Waals surface area contributed by atoms with E-state index < -0.39 is 0 Å². The van der Waals surface area contributed by atoms with Crippen LogP contribution in [0.15, 0.2) is 29.3 Å². The second-order valence-electron chi connectivity index (χ2n) is 6.85. The molecule has 5 heteroatoms. The van der Waals surface area contributed by atoms with Crippen molar-refractivity contribution in [2.45, 2.75) is 44.9 Å². The summed E-state index contributed by atoms with van der Waals surface area (Å²) in [5, 5.41) is 3.38. The summed E-state index contributed by atoms with van der Waals surface area (Å²) in [6, 6.07) is 6.98. The van der Waals surface area contributed by atoms with E-state index >= 15 is 0 Å². The highest BCUT2D eigenvalue weighted by molar-refractivity contribution is 5.79. The van der Waals surface area contributed by atoms with Crippen molar-refractivity contribution in [3.8, 4) is 0 Å². The molecule has 1 aromatic rings. The van der Waals surface area contributed by atoms with Crippen LogP contribution in [0.1, 0.15) is 45.1 Å². The van der Waals surface area contributed by atoms with Gasteiger partial charge in [0, 0.05) is 38.8 Å². The number of rotatable bonds is 7. The lowest BCUT2D eigenvalue weighted by Gasteiger charge is -2.37. The van der Waals surface area contributed by atoms with E-state index in [1.54, 1.807) is 12.1 Å². The molecule has 1 aromatic carbocycles. The fourth-order valence-corrected chi connectivity index (χ4v) is 3.32. The molecule has 25 heavy (non-hydrogen) atoms. The Kier molecular flexibility index (Phi) is 7.69. The van der Waals surface area contributed by atoms with Gasteiger partial charge in [-0.2, -0.15) is 0 Å². The molecule has 0 bridgehead atoms. The third-order valence-corrected chi connectivity index (χ3v) is 4.96. The molecule has 140 valence electrons. The standard InChI is InChI=1S/C20H32FN3O/c1-4-6-12-24(3)19(22-5-2)23-16-20(10-13-25-14-11-20)17-8-7-9-18(21)15-17/h7-9,15H,4-6,10-14,16H2,1-3H3,(H,22,23). The van der Waals surface area contributed by atoms with Crippen LogP contribution in [0.5, 0.6) is 0 Å².